The van der Waals surface area contributed by atoms with Crippen LogP contribution < -0.4 is 9.46 Å². The highest BCUT2D eigenvalue weighted by Crippen LogP contribution is 2.31. The number of hydrogen-bond acceptors (Lipinski definition) is 3. The molecule has 1 rings (SSSR count). The summed E-state index contributed by atoms with van der Waals surface area (Å²) in [6, 6.07) is 4.08. The third-order valence-electron chi connectivity index (χ3n) is 3.00. The normalized spacial score (nSPS) is 14.8. The van der Waals surface area contributed by atoms with Gasteiger partial charge in [-0.2, -0.15) is 0 Å². The van der Waals surface area contributed by atoms with Crippen molar-refractivity contribution in [3.8, 4) is 5.75 Å². The number of halogens is 2. The van der Waals surface area contributed by atoms with Crippen LogP contribution in [0.3, 0.4) is 0 Å². The molecular formula is C15H23ClFNO2S. The number of hydrogen-bond donors (Lipinski definition) is 1. The topological polar surface area (TPSA) is 44.3 Å². The molecule has 1 N–H and O–H groups in total. The Morgan fingerprint density at radius 1 is 1.43 bits per heavy atom. The second kappa shape index (κ2) is 8.22. The van der Waals surface area contributed by atoms with E-state index in [9.17, 15) is 8.94 Å². The molecule has 0 aromatic heterocycles. The molecule has 0 aliphatic heterocycles. The molecular weight excluding hydrogens is 313 g/mol. The van der Waals surface area contributed by atoms with E-state index in [4.69, 9.17) is 16.3 Å². The molecule has 0 aliphatic rings. The summed E-state index contributed by atoms with van der Waals surface area (Å²) in [5.41, 5.74) is 0.667. The zero-order chi connectivity index (χ0) is 16.0. The minimum absolute atomic E-state index is 0.269. The van der Waals surface area contributed by atoms with Gasteiger partial charge in [0.2, 0.25) is 0 Å². The standard InChI is InChI=1S/C15H23ClFNO2S/c1-15(2,3)21(19)18-13(6-5-9-16)12-10-11(17)7-8-14(12)20-4/h7-8,10,13,18H,5-6,9H2,1-4H3/t13?,21-/m0/s1. The molecule has 6 heteroatoms. The number of rotatable bonds is 7. The van der Waals surface area contributed by atoms with Crippen LogP contribution in [0.25, 0.3) is 0 Å². The summed E-state index contributed by atoms with van der Waals surface area (Å²) < 4.78 is 33.8. The van der Waals surface area contributed by atoms with E-state index in [-0.39, 0.29) is 11.9 Å². The number of alkyl halides is 1. The van der Waals surface area contributed by atoms with Gasteiger partial charge < -0.3 is 9.29 Å². The molecule has 2 atom stereocenters. The maximum absolute atomic E-state index is 13.6. The van der Waals surface area contributed by atoms with E-state index in [0.717, 1.165) is 6.42 Å². The third-order valence-corrected chi connectivity index (χ3v) is 4.88. The summed E-state index contributed by atoms with van der Waals surface area (Å²) in [6.07, 6.45) is 1.39. The lowest BCUT2D eigenvalue weighted by Crippen LogP contribution is -2.41. The predicted octanol–water partition coefficient (Wildman–Crippen LogP) is 3.95. The van der Waals surface area contributed by atoms with Gasteiger partial charge in [0.25, 0.3) is 0 Å². The fourth-order valence-electron chi connectivity index (χ4n) is 1.84. The monoisotopic (exact) mass is 335 g/mol. The Kier molecular flexibility index (Phi) is 7.27. The third kappa shape index (κ3) is 5.66. The van der Waals surface area contributed by atoms with Crippen LogP contribution in [-0.2, 0) is 11.4 Å². The van der Waals surface area contributed by atoms with Crippen molar-refractivity contribution in [2.24, 2.45) is 0 Å². The quantitative estimate of drug-likeness (QED) is 0.606. The average molecular weight is 336 g/mol. The Bertz CT molecular complexity index is 454. The number of methoxy groups -OCH3 is 1. The lowest BCUT2D eigenvalue weighted by molar-refractivity contribution is 0.398. The van der Waals surface area contributed by atoms with Crippen molar-refractivity contribution in [3.05, 3.63) is 29.6 Å². The molecule has 0 saturated heterocycles. The van der Waals surface area contributed by atoms with Crippen molar-refractivity contribution >= 4 is 23.0 Å². The van der Waals surface area contributed by atoms with Gasteiger partial charge in [0.05, 0.1) is 13.2 Å². The first-order valence-corrected chi connectivity index (χ1v) is 8.55. The molecule has 1 unspecified atom stereocenters. The van der Waals surface area contributed by atoms with E-state index >= 15 is 0 Å². The largest absolute Gasteiger partial charge is 0.598 e. The van der Waals surface area contributed by atoms with Crippen molar-refractivity contribution in [1.82, 2.24) is 4.72 Å². The van der Waals surface area contributed by atoms with Crippen molar-refractivity contribution in [3.63, 3.8) is 0 Å². The summed E-state index contributed by atoms with van der Waals surface area (Å²) in [5, 5.41) is 0. The summed E-state index contributed by atoms with van der Waals surface area (Å²) >= 11 is 4.50. The number of benzene rings is 1. The molecule has 3 nitrogen and oxygen atoms in total. The Hall–Kier alpha value is -0.490. The lowest BCUT2D eigenvalue weighted by Gasteiger charge is -2.28. The SMILES string of the molecule is COc1ccc(F)cc1C(CCCCl)N[S@@+]([O-])C(C)(C)C. The summed E-state index contributed by atoms with van der Waals surface area (Å²) in [4.78, 5) is 0. The van der Waals surface area contributed by atoms with Gasteiger partial charge >= 0.3 is 0 Å². The zero-order valence-corrected chi connectivity index (χ0v) is 14.5. The van der Waals surface area contributed by atoms with Crippen LogP contribution >= 0.6 is 11.6 Å². The van der Waals surface area contributed by atoms with Crippen molar-refractivity contribution < 1.29 is 13.7 Å². The van der Waals surface area contributed by atoms with Crippen LogP contribution in [0.15, 0.2) is 18.2 Å². The van der Waals surface area contributed by atoms with Crippen LogP contribution in [0.5, 0.6) is 5.75 Å². The van der Waals surface area contributed by atoms with Crippen molar-refractivity contribution in [2.45, 2.75) is 44.4 Å². The van der Waals surface area contributed by atoms with Crippen molar-refractivity contribution in [2.75, 3.05) is 13.0 Å². The maximum atomic E-state index is 13.6. The molecule has 0 aliphatic carbocycles. The first-order chi connectivity index (χ1) is 9.79. The van der Waals surface area contributed by atoms with Crippen LogP contribution in [0.1, 0.15) is 45.2 Å². The first-order valence-electron chi connectivity index (χ1n) is 6.87. The predicted molar refractivity (Wildman–Crippen MR) is 86.7 cm³/mol. The lowest BCUT2D eigenvalue weighted by atomic mass is 10.0. The molecule has 0 heterocycles. The Balaban J connectivity index is 3.04. The molecule has 21 heavy (non-hydrogen) atoms. The molecule has 120 valence electrons. The second-order valence-corrected chi connectivity index (χ2v) is 8.14. The molecule has 0 bridgehead atoms. The Morgan fingerprint density at radius 3 is 2.62 bits per heavy atom. The highest BCUT2D eigenvalue weighted by Gasteiger charge is 2.30. The Morgan fingerprint density at radius 2 is 2.10 bits per heavy atom. The van der Waals surface area contributed by atoms with Crippen LogP contribution in [0.4, 0.5) is 4.39 Å². The average Bonchev–Trinajstić information content (AvgIpc) is 2.42. The summed E-state index contributed by atoms with van der Waals surface area (Å²) in [5.74, 6) is 0.734. The molecule has 0 fully saturated rings. The van der Waals surface area contributed by atoms with Gasteiger partial charge in [0.15, 0.2) is 0 Å². The van der Waals surface area contributed by atoms with Crippen molar-refractivity contribution in [1.29, 1.82) is 0 Å². The maximum Gasteiger partial charge on any atom is 0.136 e. The molecule has 0 spiro atoms. The van der Waals surface area contributed by atoms with Crippen LogP contribution in [0.2, 0.25) is 0 Å². The smallest absolute Gasteiger partial charge is 0.136 e. The van der Waals surface area contributed by atoms with Gasteiger partial charge in [-0.05, 0) is 51.8 Å². The van der Waals surface area contributed by atoms with E-state index in [2.05, 4.69) is 4.72 Å². The molecule has 1 aromatic rings. The van der Waals surface area contributed by atoms with Gasteiger partial charge in [-0.1, -0.05) is 0 Å². The Labute approximate surface area is 134 Å². The summed E-state index contributed by atoms with van der Waals surface area (Å²) in [7, 11) is 1.54. The molecule has 0 radical (unpaired) electrons. The number of nitrogens with one attached hydrogen (secondary N) is 1. The zero-order valence-electron chi connectivity index (χ0n) is 12.9. The minimum atomic E-state index is -1.26. The van der Waals surface area contributed by atoms with E-state index in [1.54, 1.807) is 6.07 Å². The van der Waals surface area contributed by atoms with Gasteiger partial charge in [-0.25, -0.2) is 4.39 Å². The number of ether oxygens (including phenoxy) is 1. The minimum Gasteiger partial charge on any atom is -0.598 e. The second-order valence-electron chi connectivity index (χ2n) is 5.77. The van der Waals surface area contributed by atoms with Gasteiger partial charge in [-0.15, -0.1) is 16.3 Å². The molecule has 1 aromatic carbocycles. The fourth-order valence-corrected chi connectivity index (χ4v) is 2.85. The van der Waals surface area contributed by atoms with Gasteiger partial charge in [-0.3, -0.25) is 0 Å². The highest BCUT2D eigenvalue weighted by atomic mass is 35.5. The fraction of sp³-hybridized carbons (Fsp3) is 0.600. The van der Waals surface area contributed by atoms with E-state index in [1.807, 2.05) is 20.8 Å². The molecule has 0 amide bonds. The van der Waals surface area contributed by atoms with E-state index in [1.165, 1.54) is 19.2 Å². The first kappa shape index (κ1) is 18.6. The van der Waals surface area contributed by atoms with Crippen LogP contribution in [0, 0.1) is 5.82 Å². The highest BCUT2D eigenvalue weighted by molar-refractivity contribution is 7.90. The van der Waals surface area contributed by atoms with Crippen LogP contribution in [-0.4, -0.2) is 22.3 Å². The summed E-state index contributed by atoms with van der Waals surface area (Å²) in [6.45, 7) is 5.66. The molecule has 0 saturated carbocycles. The van der Waals surface area contributed by atoms with E-state index < -0.39 is 16.1 Å². The van der Waals surface area contributed by atoms with E-state index in [0.29, 0.717) is 23.6 Å². The van der Waals surface area contributed by atoms with Gasteiger partial charge in [0.1, 0.15) is 16.3 Å². The van der Waals surface area contributed by atoms with Gasteiger partial charge in [0, 0.05) is 22.8 Å².